The van der Waals surface area contributed by atoms with Crippen LogP contribution in [0, 0.1) is 23.2 Å². The molecule has 0 aromatic heterocycles. The number of hydrogen-bond acceptors (Lipinski definition) is 1. The van der Waals surface area contributed by atoms with Gasteiger partial charge in [-0.15, -0.1) is 0 Å². The average molecular weight is 234 g/mol. The lowest BCUT2D eigenvalue weighted by atomic mass is 9.53. The van der Waals surface area contributed by atoms with Crippen LogP contribution in [0.1, 0.15) is 47.0 Å². The van der Waals surface area contributed by atoms with E-state index in [4.69, 9.17) is 0 Å². The molecular formula is C16H26O. The molecule has 0 spiro atoms. The maximum atomic E-state index is 10.8. The zero-order valence-corrected chi connectivity index (χ0v) is 11.7. The molecular weight excluding hydrogens is 208 g/mol. The highest BCUT2D eigenvalue weighted by Gasteiger charge is 2.51. The second-order valence-electron chi connectivity index (χ2n) is 6.57. The van der Waals surface area contributed by atoms with E-state index in [1.807, 2.05) is 0 Å². The zero-order valence-electron chi connectivity index (χ0n) is 11.7. The molecule has 1 heteroatoms. The third kappa shape index (κ3) is 1.89. The van der Waals surface area contributed by atoms with Gasteiger partial charge in [0.25, 0.3) is 0 Å². The Morgan fingerprint density at radius 2 is 2.12 bits per heavy atom. The van der Waals surface area contributed by atoms with Crippen LogP contribution in [-0.4, -0.2) is 11.2 Å². The van der Waals surface area contributed by atoms with Crippen molar-refractivity contribution < 1.29 is 5.11 Å². The highest BCUT2D eigenvalue weighted by Crippen LogP contribution is 2.54. The van der Waals surface area contributed by atoms with E-state index in [1.54, 1.807) is 0 Å². The van der Waals surface area contributed by atoms with E-state index >= 15 is 0 Å². The first-order valence-electron chi connectivity index (χ1n) is 6.88. The van der Waals surface area contributed by atoms with Crippen LogP contribution in [-0.2, 0) is 0 Å². The minimum atomic E-state index is -0.224. The fourth-order valence-electron chi connectivity index (χ4n) is 4.03. The second kappa shape index (κ2) is 4.28. The number of aliphatic hydroxyl groups is 1. The van der Waals surface area contributed by atoms with Crippen molar-refractivity contribution in [1.82, 2.24) is 0 Å². The van der Waals surface area contributed by atoms with Gasteiger partial charge in [0.1, 0.15) is 0 Å². The van der Waals surface area contributed by atoms with Gasteiger partial charge in [-0.3, -0.25) is 0 Å². The summed E-state index contributed by atoms with van der Waals surface area (Å²) in [6, 6.07) is 0. The van der Waals surface area contributed by atoms with Crippen LogP contribution in [0.4, 0.5) is 0 Å². The summed E-state index contributed by atoms with van der Waals surface area (Å²) in [7, 11) is 0. The number of aliphatic hydroxyl groups excluding tert-OH is 1. The molecule has 0 unspecified atom stereocenters. The predicted octanol–water partition coefficient (Wildman–Crippen LogP) is 3.94. The van der Waals surface area contributed by atoms with Gasteiger partial charge in [0.05, 0.1) is 6.10 Å². The Kier molecular flexibility index (Phi) is 3.24. The molecule has 1 saturated carbocycles. The van der Waals surface area contributed by atoms with Crippen molar-refractivity contribution in [2.24, 2.45) is 23.2 Å². The Balaban J connectivity index is 2.35. The Labute approximate surface area is 106 Å². The molecule has 0 aromatic carbocycles. The minimum absolute atomic E-state index is 0.0430. The lowest BCUT2D eigenvalue weighted by Gasteiger charge is -2.54. The van der Waals surface area contributed by atoms with Gasteiger partial charge in [0.15, 0.2) is 0 Å². The summed E-state index contributed by atoms with van der Waals surface area (Å²) in [4.78, 5) is 0. The standard InChI is InChI=1S/C16H26O/c1-10(2)14-7-6-13-9-11(3)8-12(4)16(13,5)15(14)17/h9,12-15,17H,1,6-8H2,2-5H3/t12-,13-,14+,15+,16+/m0/s1. The van der Waals surface area contributed by atoms with Gasteiger partial charge < -0.3 is 5.11 Å². The van der Waals surface area contributed by atoms with Gasteiger partial charge in [-0.1, -0.05) is 37.6 Å². The molecule has 96 valence electrons. The average Bonchev–Trinajstić information content (AvgIpc) is 2.22. The molecule has 0 radical (unpaired) electrons. The van der Waals surface area contributed by atoms with Crippen LogP contribution < -0.4 is 0 Å². The Hall–Kier alpha value is -0.560. The van der Waals surface area contributed by atoms with Crippen molar-refractivity contribution >= 4 is 0 Å². The van der Waals surface area contributed by atoms with Crippen LogP contribution in [0.3, 0.4) is 0 Å². The molecule has 0 bridgehead atoms. The first-order valence-corrected chi connectivity index (χ1v) is 6.88. The van der Waals surface area contributed by atoms with Crippen LogP contribution >= 0.6 is 0 Å². The lowest BCUT2D eigenvalue weighted by Crippen LogP contribution is -2.52. The van der Waals surface area contributed by atoms with Gasteiger partial charge in [0, 0.05) is 11.3 Å². The van der Waals surface area contributed by atoms with Crippen molar-refractivity contribution in [2.45, 2.75) is 53.1 Å². The maximum Gasteiger partial charge on any atom is 0.0667 e. The van der Waals surface area contributed by atoms with Gasteiger partial charge >= 0.3 is 0 Å². The van der Waals surface area contributed by atoms with Crippen LogP contribution in [0.25, 0.3) is 0 Å². The van der Waals surface area contributed by atoms with E-state index in [1.165, 1.54) is 12.0 Å². The lowest BCUT2D eigenvalue weighted by molar-refractivity contribution is -0.0917. The highest BCUT2D eigenvalue weighted by molar-refractivity contribution is 5.19. The van der Waals surface area contributed by atoms with Crippen molar-refractivity contribution in [3.8, 4) is 0 Å². The van der Waals surface area contributed by atoms with Crippen molar-refractivity contribution in [3.63, 3.8) is 0 Å². The first kappa shape index (κ1) is 12.9. The van der Waals surface area contributed by atoms with Crippen LogP contribution in [0.5, 0.6) is 0 Å². The monoisotopic (exact) mass is 234 g/mol. The van der Waals surface area contributed by atoms with Gasteiger partial charge in [-0.2, -0.15) is 0 Å². The van der Waals surface area contributed by atoms with Crippen molar-refractivity contribution in [1.29, 1.82) is 0 Å². The number of fused-ring (bicyclic) bond motifs is 1. The molecule has 0 heterocycles. The summed E-state index contributed by atoms with van der Waals surface area (Å²) < 4.78 is 0. The normalized spacial score (nSPS) is 46.1. The number of hydrogen-bond donors (Lipinski definition) is 1. The summed E-state index contributed by atoms with van der Waals surface area (Å²) in [5, 5.41) is 10.8. The molecule has 2 rings (SSSR count). The van der Waals surface area contributed by atoms with Crippen LogP contribution in [0.2, 0.25) is 0 Å². The van der Waals surface area contributed by atoms with E-state index < -0.39 is 0 Å². The Morgan fingerprint density at radius 1 is 1.47 bits per heavy atom. The maximum absolute atomic E-state index is 10.8. The highest BCUT2D eigenvalue weighted by atomic mass is 16.3. The van der Waals surface area contributed by atoms with E-state index in [9.17, 15) is 5.11 Å². The molecule has 1 nitrogen and oxygen atoms in total. The summed E-state index contributed by atoms with van der Waals surface area (Å²) in [6.45, 7) is 12.9. The van der Waals surface area contributed by atoms with Crippen molar-refractivity contribution in [3.05, 3.63) is 23.8 Å². The Morgan fingerprint density at radius 3 is 2.71 bits per heavy atom. The molecule has 0 aromatic rings. The summed E-state index contributed by atoms with van der Waals surface area (Å²) in [5.74, 6) is 1.41. The summed E-state index contributed by atoms with van der Waals surface area (Å²) in [5.41, 5.74) is 2.69. The van der Waals surface area contributed by atoms with Gasteiger partial charge in [0.2, 0.25) is 0 Å². The molecule has 17 heavy (non-hydrogen) atoms. The molecule has 0 amide bonds. The third-order valence-electron chi connectivity index (χ3n) is 5.41. The van der Waals surface area contributed by atoms with E-state index in [-0.39, 0.29) is 11.5 Å². The predicted molar refractivity (Wildman–Crippen MR) is 72.7 cm³/mol. The smallest absolute Gasteiger partial charge is 0.0667 e. The number of allylic oxidation sites excluding steroid dienone is 2. The molecule has 2 aliphatic carbocycles. The molecule has 5 atom stereocenters. The molecule has 1 fully saturated rings. The fraction of sp³-hybridized carbons (Fsp3) is 0.750. The topological polar surface area (TPSA) is 20.2 Å². The largest absolute Gasteiger partial charge is 0.392 e. The van der Waals surface area contributed by atoms with E-state index in [0.717, 1.165) is 18.4 Å². The van der Waals surface area contributed by atoms with Gasteiger partial charge in [-0.05, 0) is 44.9 Å². The second-order valence-corrected chi connectivity index (χ2v) is 6.57. The minimum Gasteiger partial charge on any atom is -0.392 e. The molecule has 1 N–H and O–H groups in total. The van der Waals surface area contributed by atoms with Gasteiger partial charge in [-0.25, -0.2) is 0 Å². The number of rotatable bonds is 1. The fourth-order valence-corrected chi connectivity index (χ4v) is 4.03. The Bertz CT molecular complexity index is 355. The zero-order chi connectivity index (χ0) is 12.8. The van der Waals surface area contributed by atoms with E-state index in [2.05, 4.69) is 40.3 Å². The molecule has 2 aliphatic rings. The van der Waals surface area contributed by atoms with Crippen molar-refractivity contribution in [2.75, 3.05) is 0 Å². The molecule has 0 saturated heterocycles. The van der Waals surface area contributed by atoms with E-state index in [0.29, 0.717) is 17.8 Å². The SMILES string of the molecule is C=C(C)[C@H]1CC[C@H]2C=C(C)C[C@H](C)[C@@]2(C)[C@@H]1O. The summed E-state index contributed by atoms with van der Waals surface area (Å²) in [6.07, 6.45) is 5.61. The third-order valence-corrected chi connectivity index (χ3v) is 5.41. The molecule has 0 aliphatic heterocycles. The first-order chi connectivity index (χ1) is 7.87. The van der Waals surface area contributed by atoms with Crippen LogP contribution in [0.15, 0.2) is 23.8 Å². The summed E-state index contributed by atoms with van der Waals surface area (Å²) >= 11 is 0. The quantitative estimate of drug-likeness (QED) is 0.681.